The lowest BCUT2D eigenvalue weighted by molar-refractivity contribution is -0.119. The third-order valence-electron chi connectivity index (χ3n) is 4.25. The molecule has 0 aliphatic heterocycles. The lowest BCUT2D eigenvalue weighted by Crippen LogP contribution is -2.37. The van der Waals surface area contributed by atoms with E-state index in [0.717, 1.165) is 29.4 Å². The Labute approximate surface area is 146 Å². The second-order valence-corrected chi connectivity index (χ2v) is 6.89. The molecule has 0 bridgehead atoms. The topological polar surface area (TPSA) is 56.2 Å². The highest BCUT2D eigenvalue weighted by molar-refractivity contribution is 7.99. The molecule has 1 saturated carbocycles. The summed E-state index contributed by atoms with van der Waals surface area (Å²) < 4.78 is 7.37. The van der Waals surface area contributed by atoms with Gasteiger partial charge in [-0.2, -0.15) is 0 Å². The van der Waals surface area contributed by atoms with E-state index < -0.39 is 0 Å². The number of amides is 1. The first-order valence-corrected chi connectivity index (χ1v) is 9.35. The Balaban J connectivity index is 1.62. The van der Waals surface area contributed by atoms with Crippen molar-refractivity contribution in [3.05, 3.63) is 36.7 Å². The van der Waals surface area contributed by atoms with Crippen LogP contribution < -0.4 is 10.1 Å². The van der Waals surface area contributed by atoms with E-state index in [1.165, 1.54) is 31.0 Å². The van der Waals surface area contributed by atoms with Crippen molar-refractivity contribution in [3.63, 3.8) is 0 Å². The van der Waals surface area contributed by atoms with Gasteiger partial charge < -0.3 is 10.1 Å². The van der Waals surface area contributed by atoms with Crippen LogP contribution in [0.25, 0.3) is 5.69 Å². The second kappa shape index (κ2) is 8.24. The highest BCUT2D eigenvalue weighted by Gasteiger charge is 2.17. The molecule has 1 aliphatic rings. The van der Waals surface area contributed by atoms with Crippen molar-refractivity contribution >= 4 is 17.7 Å². The SMILES string of the molecule is COc1ccccc1-n1ccnc1SCC(=O)NC1CCCCC1. The normalized spacial score (nSPS) is 15.2. The summed E-state index contributed by atoms with van der Waals surface area (Å²) in [6, 6.07) is 8.14. The van der Waals surface area contributed by atoms with Gasteiger partial charge in [0, 0.05) is 18.4 Å². The van der Waals surface area contributed by atoms with Crippen LogP contribution in [0.4, 0.5) is 0 Å². The van der Waals surface area contributed by atoms with Gasteiger partial charge in [0.2, 0.25) is 5.91 Å². The lowest BCUT2D eigenvalue weighted by atomic mass is 9.95. The van der Waals surface area contributed by atoms with Crippen LogP contribution in [-0.4, -0.2) is 34.4 Å². The smallest absolute Gasteiger partial charge is 0.230 e. The number of aromatic nitrogens is 2. The van der Waals surface area contributed by atoms with Crippen LogP contribution in [0.2, 0.25) is 0 Å². The third kappa shape index (κ3) is 4.12. The molecule has 3 rings (SSSR count). The third-order valence-corrected chi connectivity index (χ3v) is 5.22. The number of para-hydroxylation sites is 2. The molecule has 1 aromatic heterocycles. The Morgan fingerprint density at radius 3 is 2.92 bits per heavy atom. The molecule has 2 aromatic rings. The largest absolute Gasteiger partial charge is 0.495 e. The summed E-state index contributed by atoms with van der Waals surface area (Å²) in [4.78, 5) is 16.6. The average molecular weight is 345 g/mol. The van der Waals surface area contributed by atoms with Crippen LogP contribution in [-0.2, 0) is 4.79 Å². The van der Waals surface area contributed by atoms with Gasteiger partial charge >= 0.3 is 0 Å². The molecule has 24 heavy (non-hydrogen) atoms. The number of ether oxygens (including phenoxy) is 1. The van der Waals surface area contributed by atoms with Crippen molar-refractivity contribution in [3.8, 4) is 11.4 Å². The lowest BCUT2D eigenvalue weighted by Gasteiger charge is -2.22. The first-order valence-electron chi connectivity index (χ1n) is 8.37. The standard InChI is InChI=1S/C18H23N3O2S/c1-23-16-10-6-5-9-15(16)21-12-11-19-18(21)24-13-17(22)20-14-7-3-2-4-8-14/h5-6,9-12,14H,2-4,7-8,13H2,1H3,(H,20,22). The number of nitrogens with zero attached hydrogens (tertiary/aromatic N) is 2. The number of hydrogen-bond donors (Lipinski definition) is 1. The van der Waals surface area contributed by atoms with Crippen LogP contribution in [0.15, 0.2) is 41.8 Å². The minimum absolute atomic E-state index is 0.0847. The maximum absolute atomic E-state index is 12.2. The Morgan fingerprint density at radius 1 is 1.33 bits per heavy atom. The summed E-state index contributed by atoms with van der Waals surface area (Å²) in [5, 5.41) is 3.93. The summed E-state index contributed by atoms with van der Waals surface area (Å²) in [6.45, 7) is 0. The number of methoxy groups -OCH3 is 1. The zero-order valence-corrected chi connectivity index (χ0v) is 14.7. The van der Waals surface area contributed by atoms with E-state index >= 15 is 0 Å². The predicted molar refractivity (Wildman–Crippen MR) is 95.9 cm³/mol. The molecular formula is C18H23N3O2S. The first-order chi connectivity index (χ1) is 11.8. The maximum atomic E-state index is 12.2. The number of hydrogen-bond acceptors (Lipinski definition) is 4. The van der Waals surface area contributed by atoms with Crippen molar-refractivity contribution in [2.75, 3.05) is 12.9 Å². The molecule has 1 heterocycles. The zero-order chi connectivity index (χ0) is 16.8. The number of rotatable bonds is 6. The molecule has 0 atom stereocenters. The molecule has 1 aromatic carbocycles. The van der Waals surface area contributed by atoms with Crippen LogP contribution in [0, 0.1) is 0 Å². The monoisotopic (exact) mass is 345 g/mol. The van der Waals surface area contributed by atoms with Gasteiger partial charge in [0.1, 0.15) is 5.75 Å². The van der Waals surface area contributed by atoms with Crippen molar-refractivity contribution in [1.29, 1.82) is 0 Å². The van der Waals surface area contributed by atoms with E-state index in [2.05, 4.69) is 10.3 Å². The fourth-order valence-corrected chi connectivity index (χ4v) is 3.83. The van der Waals surface area contributed by atoms with Gasteiger partial charge in [-0.1, -0.05) is 43.2 Å². The number of carbonyl (C=O) groups excluding carboxylic acids is 1. The molecule has 5 nitrogen and oxygen atoms in total. The summed E-state index contributed by atoms with van der Waals surface area (Å²) >= 11 is 1.45. The molecule has 1 N–H and O–H groups in total. The van der Waals surface area contributed by atoms with E-state index in [1.807, 2.05) is 35.0 Å². The summed E-state index contributed by atoms with van der Waals surface area (Å²) in [5.74, 6) is 1.24. The van der Waals surface area contributed by atoms with Crippen molar-refractivity contribution in [2.24, 2.45) is 0 Å². The first kappa shape index (κ1) is 16.9. The van der Waals surface area contributed by atoms with Crippen LogP contribution in [0.3, 0.4) is 0 Å². The Morgan fingerprint density at radius 2 is 2.12 bits per heavy atom. The predicted octanol–water partition coefficient (Wildman–Crippen LogP) is 3.42. The zero-order valence-electron chi connectivity index (χ0n) is 13.9. The second-order valence-electron chi connectivity index (χ2n) is 5.94. The fraction of sp³-hybridized carbons (Fsp3) is 0.444. The Bertz CT molecular complexity index is 680. The van der Waals surface area contributed by atoms with E-state index in [9.17, 15) is 4.79 Å². The minimum Gasteiger partial charge on any atom is -0.495 e. The van der Waals surface area contributed by atoms with Crippen LogP contribution >= 0.6 is 11.8 Å². The maximum Gasteiger partial charge on any atom is 0.230 e. The Kier molecular flexibility index (Phi) is 5.80. The number of carbonyl (C=O) groups is 1. The molecule has 0 spiro atoms. The highest BCUT2D eigenvalue weighted by atomic mass is 32.2. The summed E-state index contributed by atoms with van der Waals surface area (Å²) in [5.41, 5.74) is 0.924. The van der Waals surface area contributed by atoms with Crippen LogP contribution in [0.1, 0.15) is 32.1 Å². The summed E-state index contributed by atoms with van der Waals surface area (Å²) in [7, 11) is 1.65. The van der Waals surface area contributed by atoms with Gasteiger partial charge in [0.25, 0.3) is 0 Å². The van der Waals surface area contributed by atoms with E-state index in [4.69, 9.17) is 4.74 Å². The molecule has 6 heteroatoms. The van der Waals surface area contributed by atoms with Crippen LogP contribution in [0.5, 0.6) is 5.75 Å². The number of imidazole rings is 1. The molecule has 0 radical (unpaired) electrons. The molecular weight excluding hydrogens is 322 g/mol. The van der Waals surface area contributed by atoms with E-state index in [1.54, 1.807) is 13.3 Å². The van der Waals surface area contributed by atoms with Gasteiger partial charge in [-0.15, -0.1) is 0 Å². The number of thioether (sulfide) groups is 1. The van der Waals surface area contributed by atoms with Gasteiger partial charge in [0.05, 0.1) is 18.6 Å². The van der Waals surface area contributed by atoms with E-state index in [-0.39, 0.29) is 5.91 Å². The molecule has 0 unspecified atom stereocenters. The quantitative estimate of drug-likeness (QED) is 0.815. The average Bonchev–Trinajstić information content (AvgIpc) is 3.09. The number of benzene rings is 1. The van der Waals surface area contributed by atoms with E-state index in [0.29, 0.717) is 11.8 Å². The highest BCUT2D eigenvalue weighted by Crippen LogP contribution is 2.27. The van der Waals surface area contributed by atoms with Crippen molar-refractivity contribution in [2.45, 2.75) is 43.3 Å². The molecule has 0 saturated heterocycles. The van der Waals surface area contributed by atoms with Gasteiger partial charge in [-0.3, -0.25) is 9.36 Å². The molecule has 1 amide bonds. The minimum atomic E-state index is 0.0847. The molecule has 1 aliphatic carbocycles. The Hall–Kier alpha value is -1.95. The van der Waals surface area contributed by atoms with Gasteiger partial charge in [-0.05, 0) is 25.0 Å². The summed E-state index contributed by atoms with van der Waals surface area (Å²) in [6.07, 6.45) is 9.57. The molecule has 1 fully saturated rings. The fourth-order valence-electron chi connectivity index (χ4n) is 3.06. The van der Waals surface area contributed by atoms with Gasteiger partial charge in [-0.25, -0.2) is 4.98 Å². The van der Waals surface area contributed by atoms with Gasteiger partial charge in [0.15, 0.2) is 5.16 Å². The van der Waals surface area contributed by atoms with Crippen molar-refractivity contribution in [1.82, 2.24) is 14.9 Å². The number of nitrogens with one attached hydrogen (secondary N) is 1. The van der Waals surface area contributed by atoms with Crippen molar-refractivity contribution < 1.29 is 9.53 Å². The molecule has 128 valence electrons.